The van der Waals surface area contributed by atoms with Gasteiger partial charge in [0.05, 0.1) is 0 Å². The molecule has 112 valence electrons. The van der Waals surface area contributed by atoms with Crippen molar-refractivity contribution in [3.63, 3.8) is 0 Å². The Morgan fingerprint density at radius 3 is 2.52 bits per heavy atom. The number of nitrogens with two attached hydrogens (primary N) is 1. The Labute approximate surface area is 127 Å². The third kappa shape index (κ3) is 4.30. The third-order valence-electron chi connectivity index (χ3n) is 3.62. The van der Waals surface area contributed by atoms with Gasteiger partial charge >= 0.3 is 0 Å². The molecule has 2 N–H and O–H groups in total. The zero-order valence-electron chi connectivity index (χ0n) is 13.2. The second kappa shape index (κ2) is 7.23. The molecule has 2 aromatic rings. The molecule has 3 nitrogen and oxygen atoms in total. The number of hydrogen-bond donors (Lipinski definition) is 1. The number of nitrogens with zero attached hydrogens (tertiary/aromatic N) is 2. The molecule has 3 heteroatoms. The fraction of sp³-hybridized carbons (Fsp3) is 0.389. The van der Waals surface area contributed by atoms with Gasteiger partial charge in [0, 0.05) is 37.2 Å². The summed E-state index contributed by atoms with van der Waals surface area (Å²) in [6.45, 7) is 8.25. The molecular formula is C18H25N3. The van der Waals surface area contributed by atoms with E-state index < -0.39 is 0 Å². The monoisotopic (exact) mass is 283 g/mol. The van der Waals surface area contributed by atoms with E-state index in [-0.39, 0.29) is 6.04 Å². The quantitative estimate of drug-likeness (QED) is 0.884. The van der Waals surface area contributed by atoms with Crippen LogP contribution in [-0.4, -0.2) is 17.6 Å². The van der Waals surface area contributed by atoms with Gasteiger partial charge in [-0.1, -0.05) is 17.7 Å². The topological polar surface area (TPSA) is 42.2 Å². The Morgan fingerprint density at radius 2 is 1.90 bits per heavy atom. The summed E-state index contributed by atoms with van der Waals surface area (Å²) in [5.74, 6) is 0. The average Bonchev–Trinajstić information content (AvgIpc) is 2.46. The summed E-state index contributed by atoms with van der Waals surface area (Å²) in [4.78, 5) is 6.48. The molecular weight excluding hydrogens is 258 g/mol. The van der Waals surface area contributed by atoms with Crippen molar-refractivity contribution < 1.29 is 0 Å². The van der Waals surface area contributed by atoms with Crippen LogP contribution in [0.25, 0.3) is 0 Å². The standard InChI is InChI=1S/C18H25N3/c1-4-21(13-16-7-9-20-10-8-16)18-6-5-14(2)11-17(18)12-15(3)19/h5-11,15H,4,12-13,19H2,1-3H3. The zero-order chi connectivity index (χ0) is 15.2. The molecule has 0 fully saturated rings. The predicted molar refractivity (Wildman–Crippen MR) is 89.5 cm³/mol. The minimum absolute atomic E-state index is 0.171. The van der Waals surface area contributed by atoms with Crippen LogP contribution in [0.4, 0.5) is 5.69 Å². The van der Waals surface area contributed by atoms with Crippen molar-refractivity contribution in [2.75, 3.05) is 11.4 Å². The lowest BCUT2D eigenvalue weighted by atomic mass is 10.0. The van der Waals surface area contributed by atoms with Crippen LogP contribution in [0.5, 0.6) is 0 Å². The molecule has 0 aliphatic rings. The van der Waals surface area contributed by atoms with Crippen molar-refractivity contribution in [1.29, 1.82) is 0 Å². The number of benzene rings is 1. The van der Waals surface area contributed by atoms with Crippen molar-refractivity contribution in [3.05, 3.63) is 59.4 Å². The number of hydrogen-bond acceptors (Lipinski definition) is 3. The van der Waals surface area contributed by atoms with E-state index in [0.717, 1.165) is 19.5 Å². The second-order valence-electron chi connectivity index (χ2n) is 5.68. The summed E-state index contributed by atoms with van der Waals surface area (Å²) >= 11 is 0. The lowest BCUT2D eigenvalue weighted by molar-refractivity contribution is 0.729. The molecule has 0 spiro atoms. The molecule has 0 radical (unpaired) electrons. The molecule has 0 aliphatic carbocycles. The van der Waals surface area contributed by atoms with Crippen LogP contribution in [-0.2, 0) is 13.0 Å². The van der Waals surface area contributed by atoms with E-state index in [4.69, 9.17) is 5.73 Å². The Kier molecular flexibility index (Phi) is 5.34. The lowest BCUT2D eigenvalue weighted by Gasteiger charge is -2.27. The number of aryl methyl sites for hydroxylation is 1. The van der Waals surface area contributed by atoms with E-state index in [1.807, 2.05) is 12.4 Å². The van der Waals surface area contributed by atoms with Crippen LogP contribution in [0.3, 0.4) is 0 Å². The van der Waals surface area contributed by atoms with Crippen molar-refractivity contribution in [2.24, 2.45) is 5.73 Å². The van der Waals surface area contributed by atoms with Crippen LogP contribution >= 0.6 is 0 Å². The summed E-state index contributed by atoms with van der Waals surface area (Å²) in [6, 6.07) is 11.0. The molecule has 21 heavy (non-hydrogen) atoms. The highest BCUT2D eigenvalue weighted by Gasteiger charge is 2.12. The van der Waals surface area contributed by atoms with E-state index in [1.165, 1.54) is 22.4 Å². The van der Waals surface area contributed by atoms with E-state index in [2.05, 4.69) is 61.0 Å². The minimum atomic E-state index is 0.171. The van der Waals surface area contributed by atoms with Gasteiger partial charge in [-0.3, -0.25) is 4.98 Å². The minimum Gasteiger partial charge on any atom is -0.367 e. The van der Waals surface area contributed by atoms with Crippen molar-refractivity contribution in [1.82, 2.24) is 4.98 Å². The summed E-state index contributed by atoms with van der Waals surface area (Å²) in [6.07, 6.45) is 4.60. The molecule has 1 unspecified atom stereocenters. The molecule has 0 saturated heterocycles. The van der Waals surface area contributed by atoms with Crippen LogP contribution in [0.15, 0.2) is 42.7 Å². The normalized spacial score (nSPS) is 12.2. The van der Waals surface area contributed by atoms with E-state index in [9.17, 15) is 0 Å². The Balaban J connectivity index is 2.28. The smallest absolute Gasteiger partial charge is 0.0430 e. The molecule has 0 saturated carbocycles. The Hall–Kier alpha value is -1.87. The molecule has 1 aromatic heterocycles. The summed E-state index contributed by atoms with van der Waals surface area (Å²) in [5.41, 5.74) is 11.2. The van der Waals surface area contributed by atoms with E-state index in [1.54, 1.807) is 0 Å². The highest BCUT2D eigenvalue weighted by molar-refractivity contribution is 5.55. The van der Waals surface area contributed by atoms with Gasteiger partial charge < -0.3 is 10.6 Å². The largest absolute Gasteiger partial charge is 0.367 e. The van der Waals surface area contributed by atoms with Crippen LogP contribution in [0.1, 0.15) is 30.5 Å². The lowest BCUT2D eigenvalue weighted by Crippen LogP contribution is -2.25. The molecule has 0 amide bonds. The predicted octanol–water partition coefficient (Wildman–Crippen LogP) is 3.31. The van der Waals surface area contributed by atoms with Gasteiger partial charge in [-0.15, -0.1) is 0 Å². The fourth-order valence-electron chi connectivity index (χ4n) is 2.61. The van der Waals surface area contributed by atoms with Gasteiger partial charge in [-0.2, -0.15) is 0 Å². The van der Waals surface area contributed by atoms with Crippen LogP contribution in [0, 0.1) is 6.92 Å². The van der Waals surface area contributed by atoms with Gasteiger partial charge in [0.25, 0.3) is 0 Å². The SMILES string of the molecule is CCN(Cc1ccncc1)c1ccc(C)cc1CC(C)N. The van der Waals surface area contributed by atoms with Crippen LogP contribution < -0.4 is 10.6 Å². The molecule has 0 bridgehead atoms. The van der Waals surface area contributed by atoms with Crippen molar-refractivity contribution in [2.45, 2.75) is 39.8 Å². The number of anilines is 1. The summed E-state index contributed by atoms with van der Waals surface area (Å²) in [7, 11) is 0. The third-order valence-corrected chi connectivity index (χ3v) is 3.62. The maximum absolute atomic E-state index is 6.01. The van der Waals surface area contributed by atoms with Gasteiger partial charge in [0.2, 0.25) is 0 Å². The first-order valence-corrected chi connectivity index (χ1v) is 7.59. The van der Waals surface area contributed by atoms with Crippen molar-refractivity contribution in [3.8, 4) is 0 Å². The fourth-order valence-corrected chi connectivity index (χ4v) is 2.61. The molecule has 1 aromatic carbocycles. The summed E-state index contributed by atoms with van der Waals surface area (Å²) < 4.78 is 0. The van der Waals surface area contributed by atoms with E-state index >= 15 is 0 Å². The second-order valence-corrected chi connectivity index (χ2v) is 5.68. The molecule has 1 heterocycles. The van der Waals surface area contributed by atoms with Gasteiger partial charge in [-0.05, 0) is 56.5 Å². The highest BCUT2D eigenvalue weighted by atomic mass is 15.1. The number of pyridine rings is 1. The zero-order valence-corrected chi connectivity index (χ0v) is 13.2. The number of aromatic nitrogens is 1. The average molecular weight is 283 g/mol. The number of rotatable bonds is 6. The first kappa shape index (κ1) is 15.5. The van der Waals surface area contributed by atoms with Crippen molar-refractivity contribution >= 4 is 5.69 Å². The maximum Gasteiger partial charge on any atom is 0.0430 e. The first-order chi connectivity index (χ1) is 10.1. The Bertz CT molecular complexity index is 564. The maximum atomic E-state index is 6.01. The molecule has 2 rings (SSSR count). The van der Waals surface area contributed by atoms with Crippen LogP contribution in [0.2, 0.25) is 0 Å². The van der Waals surface area contributed by atoms with Gasteiger partial charge in [0.1, 0.15) is 0 Å². The molecule has 0 aliphatic heterocycles. The Morgan fingerprint density at radius 1 is 1.19 bits per heavy atom. The first-order valence-electron chi connectivity index (χ1n) is 7.59. The molecule has 1 atom stereocenters. The summed E-state index contributed by atoms with van der Waals surface area (Å²) in [5, 5.41) is 0. The highest BCUT2D eigenvalue weighted by Crippen LogP contribution is 2.24. The van der Waals surface area contributed by atoms with Gasteiger partial charge in [0.15, 0.2) is 0 Å². The van der Waals surface area contributed by atoms with E-state index in [0.29, 0.717) is 0 Å². The van der Waals surface area contributed by atoms with Gasteiger partial charge in [-0.25, -0.2) is 0 Å².